The van der Waals surface area contributed by atoms with E-state index in [2.05, 4.69) is 20.5 Å². The number of aromatic nitrogens is 3. The summed E-state index contributed by atoms with van der Waals surface area (Å²) in [7, 11) is 0. The first-order chi connectivity index (χ1) is 13.4. The van der Waals surface area contributed by atoms with Gasteiger partial charge in [0.1, 0.15) is 5.82 Å². The molecule has 0 bridgehead atoms. The van der Waals surface area contributed by atoms with Crippen molar-refractivity contribution in [3.05, 3.63) is 75.5 Å². The lowest BCUT2D eigenvalue weighted by atomic mass is 10.0. The number of carbonyl (C=O) groups excluding carboxylic acids is 1. The van der Waals surface area contributed by atoms with Gasteiger partial charge in [-0.25, -0.2) is 4.98 Å². The fourth-order valence-corrected chi connectivity index (χ4v) is 3.97. The predicted octanol–water partition coefficient (Wildman–Crippen LogP) is 5.53. The lowest BCUT2D eigenvalue weighted by Gasteiger charge is -2.19. The SMILES string of the molecule is CC(C)C(NC(=O)c1ccccc1)c1nc(SCc2ccc(Cl)cc2Cl)n[nH]1. The Labute approximate surface area is 178 Å². The highest BCUT2D eigenvalue weighted by molar-refractivity contribution is 7.98. The Morgan fingerprint density at radius 2 is 1.93 bits per heavy atom. The molecule has 3 rings (SSSR count). The number of hydrogen-bond acceptors (Lipinski definition) is 4. The molecular weight excluding hydrogens is 415 g/mol. The molecule has 0 fully saturated rings. The average molecular weight is 435 g/mol. The van der Waals surface area contributed by atoms with E-state index >= 15 is 0 Å². The molecule has 1 aromatic heterocycles. The molecule has 8 heteroatoms. The first-order valence-electron chi connectivity index (χ1n) is 8.79. The second-order valence-corrected chi connectivity index (χ2v) is 8.37. The summed E-state index contributed by atoms with van der Waals surface area (Å²) in [5.41, 5.74) is 1.57. The predicted molar refractivity (Wildman–Crippen MR) is 114 cm³/mol. The third-order valence-electron chi connectivity index (χ3n) is 4.14. The molecule has 1 atom stereocenters. The van der Waals surface area contributed by atoms with Gasteiger partial charge in [-0.05, 0) is 35.7 Å². The highest BCUT2D eigenvalue weighted by Crippen LogP contribution is 2.28. The van der Waals surface area contributed by atoms with Gasteiger partial charge in [0, 0.05) is 21.4 Å². The molecule has 0 saturated carbocycles. The summed E-state index contributed by atoms with van der Waals surface area (Å²) in [6.45, 7) is 4.05. The maximum absolute atomic E-state index is 12.5. The third-order valence-corrected chi connectivity index (χ3v) is 5.62. The molecule has 0 aliphatic carbocycles. The monoisotopic (exact) mass is 434 g/mol. The van der Waals surface area contributed by atoms with Crippen molar-refractivity contribution in [1.82, 2.24) is 20.5 Å². The lowest BCUT2D eigenvalue weighted by molar-refractivity contribution is 0.0923. The Bertz CT molecular complexity index is 946. The van der Waals surface area contributed by atoms with Crippen LogP contribution in [0.5, 0.6) is 0 Å². The van der Waals surface area contributed by atoms with E-state index in [-0.39, 0.29) is 17.9 Å². The summed E-state index contributed by atoms with van der Waals surface area (Å²) in [4.78, 5) is 17.1. The van der Waals surface area contributed by atoms with Crippen LogP contribution in [0.3, 0.4) is 0 Å². The molecule has 146 valence electrons. The normalized spacial score (nSPS) is 12.2. The van der Waals surface area contributed by atoms with E-state index in [1.807, 2.05) is 38.1 Å². The zero-order chi connectivity index (χ0) is 20.1. The molecule has 1 unspecified atom stereocenters. The maximum atomic E-state index is 12.5. The number of nitrogens with zero attached hydrogens (tertiary/aromatic N) is 2. The Morgan fingerprint density at radius 1 is 1.18 bits per heavy atom. The van der Waals surface area contributed by atoms with Gasteiger partial charge >= 0.3 is 0 Å². The number of H-pyrrole nitrogens is 1. The van der Waals surface area contributed by atoms with Gasteiger partial charge < -0.3 is 5.32 Å². The zero-order valence-corrected chi connectivity index (χ0v) is 17.8. The first-order valence-corrected chi connectivity index (χ1v) is 10.5. The molecule has 3 aromatic rings. The van der Waals surface area contributed by atoms with Crippen LogP contribution in [0.15, 0.2) is 53.7 Å². The van der Waals surface area contributed by atoms with Gasteiger partial charge in [-0.15, -0.1) is 5.10 Å². The molecule has 2 N–H and O–H groups in total. The van der Waals surface area contributed by atoms with E-state index in [0.29, 0.717) is 32.3 Å². The molecular formula is C20H20Cl2N4OS. The van der Waals surface area contributed by atoms with Crippen LogP contribution in [0.1, 0.15) is 41.6 Å². The zero-order valence-electron chi connectivity index (χ0n) is 15.4. The number of benzene rings is 2. The highest BCUT2D eigenvalue weighted by atomic mass is 35.5. The van der Waals surface area contributed by atoms with Crippen LogP contribution < -0.4 is 5.32 Å². The summed E-state index contributed by atoms with van der Waals surface area (Å²) in [5.74, 6) is 1.25. The Balaban J connectivity index is 1.68. The Kier molecular flexibility index (Phi) is 6.99. The lowest BCUT2D eigenvalue weighted by Crippen LogP contribution is -2.32. The molecule has 0 aliphatic heterocycles. The van der Waals surface area contributed by atoms with Crippen molar-refractivity contribution < 1.29 is 4.79 Å². The first kappa shape index (κ1) is 20.7. The van der Waals surface area contributed by atoms with Crippen molar-refractivity contribution in [3.63, 3.8) is 0 Å². The number of nitrogens with one attached hydrogen (secondary N) is 2. The van der Waals surface area contributed by atoms with E-state index in [0.717, 1.165) is 5.56 Å². The molecule has 0 aliphatic rings. The Hall–Kier alpha value is -2.02. The van der Waals surface area contributed by atoms with Crippen LogP contribution in [0.25, 0.3) is 0 Å². The van der Waals surface area contributed by atoms with Gasteiger partial charge in [-0.3, -0.25) is 9.89 Å². The van der Waals surface area contributed by atoms with E-state index < -0.39 is 0 Å². The van der Waals surface area contributed by atoms with Crippen molar-refractivity contribution in [2.24, 2.45) is 5.92 Å². The van der Waals surface area contributed by atoms with Crippen molar-refractivity contribution in [1.29, 1.82) is 0 Å². The fourth-order valence-electron chi connectivity index (χ4n) is 2.61. The topological polar surface area (TPSA) is 70.7 Å². The highest BCUT2D eigenvalue weighted by Gasteiger charge is 2.23. The van der Waals surface area contributed by atoms with Crippen LogP contribution in [0, 0.1) is 5.92 Å². The second kappa shape index (κ2) is 9.45. The molecule has 0 radical (unpaired) electrons. The molecule has 1 amide bonds. The van der Waals surface area contributed by atoms with Gasteiger partial charge in [-0.2, -0.15) is 0 Å². The number of hydrogen-bond donors (Lipinski definition) is 2. The fraction of sp³-hybridized carbons (Fsp3) is 0.250. The molecule has 0 saturated heterocycles. The van der Waals surface area contributed by atoms with Crippen LogP contribution in [-0.2, 0) is 5.75 Å². The third kappa shape index (κ3) is 5.28. The van der Waals surface area contributed by atoms with E-state index in [9.17, 15) is 4.79 Å². The van der Waals surface area contributed by atoms with Crippen LogP contribution in [-0.4, -0.2) is 21.1 Å². The smallest absolute Gasteiger partial charge is 0.251 e. The van der Waals surface area contributed by atoms with Gasteiger partial charge in [0.25, 0.3) is 5.91 Å². The molecule has 0 spiro atoms. The van der Waals surface area contributed by atoms with Crippen LogP contribution in [0.4, 0.5) is 0 Å². The molecule has 2 aromatic carbocycles. The van der Waals surface area contributed by atoms with E-state index in [1.165, 1.54) is 11.8 Å². The molecule has 1 heterocycles. The summed E-state index contributed by atoms with van der Waals surface area (Å²) < 4.78 is 0. The number of rotatable bonds is 7. The molecule has 5 nitrogen and oxygen atoms in total. The van der Waals surface area contributed by atoms with Crippen molar-refractivity contribution in [2.75, 3.05) is 0 Å². The Morgan fingerprint density at radius 3 is 2.61 bits per heavy atom. The summed E-state index contributed by atoms with van der Waals surface area (Å²) in [5, 5.41) is 12.1. The summed E-state index contributed by atoms with van der Waals surface area (Å²) >= 11 is 13.6. The second-order valence-electron chi connectivity index (χ2n) is 6.59. The van der Waals surface area contributed by atoms with E-state index in [4.69, 9.17) is 23.2 Å². The van der Waals surface area contributed by atoms with Crippen molar-refractivity contribution in [2.45, 2.75) is 30.8 Å². The number of halogens is 2. The van der Waals surface area contributed by atoms with Gasteiger partial charge in [-0.1, -0.05) is 73.1 Å². The minimum absolute atomic E-state index is 0.141. The molecule has 28 heavy (non-hydrogen) atoms. The average Bonchev–Trinajstić information content (AvgIpc) is 3.14. The standard InChI is InChI=1S/C20H20Cl2N4OS/c1-12(2)17(23-19(27)13-6-4-3-5-7-13)18-24-20(26-25-18)28-11-14-8-9-15(21)10-16(14)22/h3-10,12,17H,11H2,1-2H3,(H,23,27)(H,24,25,26). The quantitative estimate of drug-likeness (QED) is 0.479. The number of amides is 1. The van der Waals surface area contributed by atoms with Crippen LogP contribution >= 0.6 is 35.0 Å². The summed E-state index contributed by atoms with van der Waals surface area (Å²) in [6.07, 6.45) is 0. The maximum Gasteiger partial charge on any atom is 0.251 e. The van der Waals surface area contributed by atoms with Gasteiger partial charge in [0.05, 0.1) is 6.04 Å². The van der Waals surface area contributed by atoms with Gasteiger partial charge in [0.2, 0.25) is 5.16 Å². The largest absolute Gasteiger partial charge is 0.342 e. The van der Waals surface area contributed by atoms with Crippen LogP contribution in [0.2, 0.25) is 10.0 Å². The number of thioether (sulfide) groups is 1. The number of aromatic amines is 1. The number of carbonyl (C=O) groups is 1. The van der Waals surface area contributed by atoms with E-state index in [1.54, 1.807) is 24.3 Å². The van der Waals surface area contributed by atoms with Gasteiger partial charge in [0.15, 0.2) is 0 Å². The van der Waals surface area contributed by atoms with Crippen molar-refractivity contribution >= 4 is 40.9 Å². The minimum atomic E-state index is -0.270. The minimum Gasteiger partial charge on any atom is -0.342 e. The van der Waals surface area contributed by atoms with Crippen molar-refractivity contribution in [3.8, 4) is 0 Å². The summed E-state index contributed by atoms with van der Waals surface area (Å²) in [6, 6.07) is 14.3.